The second-order valence-corrected chi connectivity index (χ2v) is 4.49. The Morgan fingerprint density at radius 1 is 1.28 bits per heavy atom. The van der Waals surface area contributed by atoms with E-state index in [0.717, 1.165) is 19.4 Å². The quantitative estimate of drug-likeness (QED) is 0.805. The van der Waals surface area contributed by atoms with Crippen molar-refractivity contribution >= 4 is 11.2 Å². The molecule has 98 valence electrons. The molecule has 2 rings (SSSR count). The molecule has 1 N–H and O–H groups in total. The minimum absolute atomic E-state index is 0.326. The Bertz CT molecular complexity index is 650. The van der Waals surface area contributed by atoms with Crippen LogP contribution in [-0.2, 0) is 13.6 Å². The van der Waals surface area contributed by atoms with Crippen LogP contribution in [0.1, 0.15) is 32.6 Å². The lowest BCUT2D eigenvalue weighted by Crippen LogP contribution is -2.29. The average molecular weight is 250 g/mol. The van der Waals surface area contributed by atoms with Gasteiger partial charge in [0.2, 0.25) is 0 Å². The standard InChI is InChI=1S/C12H18N4O2/c1-3-4-5-6-7-16-8-13-9-10(17)14-12(18)15(2)11(9)16/h8H,3-7H2,1-2H3,(H,14,17,18). The number of unbranched alkanes of at least 4 members (excludes halogenated alkanes) is 3. The summed E-state index contributed by atoms with van der Waals surface area (Å²) in [4.78, 5) is 29.5. The van der Waals surface area contributed by atoms with Crippen LogP contribution in [0, 0.1) is 0 Å². The normalized spacial score (nSPS) is 11.2. The summed E-state index contributed by atoms with van der Waals surface area (Å²) >= 11 is 0. The largest absolute Gasteiger partial charge is 0.329 e. The fourth-order valence-electron chi connectivity index (χ4n) is 2.10. The number of nitrogens with zero attached hydrogens (tertiary/aromatic N) is 3. The van der Waals surface area contributed by atoms with E-state index in [2.05, 4.69) is 16.9 Å². The second-order valence-electron chi connectivity index (χ2n) is 4.49. The number of aryl methyl sites for hydroxylation is 2. The number of aromatic amines is 1. The van der Waals surface area contributed by atoms with Crippen molar-refractivity contribution in [1.29, 1.82) is 0 Å². The van der Waals surface area contributed by atoms with Gasteiger partial charge in [-0.15, -0.1) is 0 Å². The summed E-state index contributed by atoms with van der Waals surface area (Å²) in [5.41, 5.74) is 0.107. The fourth-order valence-corrected chi connectivity index (χ4v) is 2.10. The lowest BCUT2D eigenvalue weighted by Gasteiger charge is -2.06. The van der Waals surface area contributed by atoms with Gasteiger partial charge >= 0.3 is 5.69 Å². The van der Waals surface area contributed by atoms with E-state index in [-0.39, 0.29) is 0 Å². The smallest absolute Gasteiger partial charge is 0.316 e. The Kier molecular flexibility index (Phi) is 3.64. The highest BCUT2D eigenvalue weighted by molar-refractivity contribution is 5.69. The summed E-state index contributed by atoms with van der Waals surface area (Å²) in [5.74, 6) is 0. The highest BCUT2D eigenvalue weighted by atomic mass is 16.2. The molecule has 2 heterocycles. The van der Waals surface area contributed by atoms with Crippen molar-refractivity contribution in [2.45, 2.75) is 39.2 Å². The molecular weight excluding hydrogens is 232 g/mol. The van der Waals surface area contributed by atoms with E-state index in [1.807, 2.05) is 4.57 Å². The summed E-state index contributed by atoms with van der Waals surface area (Å²) in [6.45, 7) is 2.95. The van der Waals surface area contributed by atoms with Gasteiger partial charge in [0, 0.05) is 13.6 Å². The molecule has 0 amide bonds. The van der Waals surface area contributed by atoms with Crippen LogP contribution in [0.25, 0.3) is 11.2 Å². The zero-order chi connectivity index (χ0) is 13.1. The topological polar surface area (TPSA) is 72.7 Å². The second kappa shape index (κ2) is 5.20. The van der Waals surface area contributed by atoms with Gasteiger partial charge in [0.25, 0.3) is 5.56 Å². The van der Waals surface area contributed by atoms with E-state index < -0.39 is 11.2 Å². The number of hydrogen-bond donors (Lipinski definition) is 1. The van der Waals surface area contributed by atoms with Gasteiger partial charge in [-0.3, -0.25) is 14.3 Å². The van der Waals surface area contributed by atoms with Crippen LogP contribution in [-0.4, -0.2) is 19.1 Å². The Morgan fingerprint density at radius 2 is 2.06 bits per heavy atom. The summed E-state index contributed by atoms with van der Waals surface area (Å²) in [7, 11) is 1.64. The van der Waals surface area contributed by atoms with Gasteiger partial charge < -0.3 is 4.57 Å². The van der Waals surface area contributed by atoms with Gasteiger partial charge in [0.15, 0.2) is 5.52 Å². The number of imidazole rings is 1. The third-order valence-corrected chi connectivity index (χ3v) is 3.12. The van der Waals surface area contributed by atoms with Crippen LogP contribution in [0.15, 0.2) is 15.9 Å². The molecule has 6 heteroatoms. The van der Waals surface area contributed by atoms with E-state index in [4.69, 9.17) is 0 Å². The molecular formula is C12H18N4O2. The molecule has 0 aliphatic heterocycles. The first-order chi connectivity index (χ1) is 8.65. The molecule has 0 aromatic carbocycles. The van der Waals surface area contributed by atoms with Crippen molar-refractivity contribution in [2.24, 2.45) is 7.05 Å². The molecule has 0 bridgehead atoms. The minimum atomic E-state index is -0.416. The van der Waals surface area contributed by atoms with Crippen molar-refractivity contribution in [1.82, 2.24) is 19.1 Å². The SMILES string of the molecule is CCCCCCn1cnc2c(=O)[nH]c(=O)n(C)c21. The summed E-state index contributed by atoms with van der Waals surface area (Å²) in [6.07, 6.45) is 6.19. The molecule has 0 aliphatic carbocycles. The molecule has 0 spiro atoms. The predicted molar refractivity (Wildman–Crippen MR) is 69.7 cm³/mol. The molecule has 0 unspecified atom stereocenters. The van der Waals surface area contributed by atoms with E-state index in [1.165, 1.54) is 17.4 Å². The van der Waals surface area contributed by atoms with Crippen LogP contribution in [0.5, 0.6) is 0 Å². The Morgan fingerprint density at radius 3 is 2.78 bits per heavy atom. The Labute approximate surface area is 104 Å². The third-order valence-electron chi connectivity index (χ3n) is 3.12. The fraction of sp³-hybridized carbons (Fsp3) is 0.583. The van der Waals surface area contributed by atoms with Crippen LogP contribution < -0.4 is 11.2 Å². The number of fused-ring (bicyclic) bond motifs is 1. The monoisotopic (exact) mass is 250 g/mol. The van der Waals surface area contributed by atoms with Gasteiger partial charge in [0.05, 0.1) is 6.33 Å². The third kappa shape index (κ3) is 2.23. The Balaban J connectivity index is 2.35. The number of rotatable bonds is 5. The van der Waals surface area contributed by atoms with Crippen LogP contribution in [0.3, 0.4) is 0 Å². The van der Waals surface area contributed by atoms with Crippen molar-refractivity contribution in [3.05, 3.63) is 27.2 Å². The maximum Gasteiger partial charge on any atom is 0.329 e. The van der Waals surface area contributed by atoms with Crippen molar-refractivity contribution in [2.75, 3.05) is 0 Å². The van der Waals surface area contributed by atoms with Gasteiger partial charge in [-0.05, 0) is 6.42 Å². The van der Waals surface area contributed by atoms with Crippen LogP contribution in [0.4, 0.5) is 0 Å². The first kappa shape index (κ1) is 12.6. The highest BCUT2D eigenvalue weighted by Gasteiger charge is 2.10. The maximum absolute atomic E-state index is 11.6. The maximum atomic E-state index is 11.6. The molecule has 0 fully saturated rings. The van der Waals surface area contributed by atoms with Gasteiger partial charge in [0.1, 0.15) is 5.65 Å². The molecule has 0 saturated heterocycles. The Hall–Kier alpha value is -1.85. The average Bonchev–Trinajstić information content (AvgIpc) is 2.76. The number of hydrogen-bond acceptors (Lipinski definition) is 3. The molecule has 2 aromatic rings. The van der Waals surface area contributed by atoms with Gasteiger partial charge in [-0.25, -0.2) is 9.78 Å². The van der Waals surface area contributed by atoms with E-state index in [9.17, 15) is 9.59 Å². The first-order valence-corrected chi connectivity index (χ1v) is 6.29. The first-order valence-electron chi connectivity index (χ1n) is 6.29. The highest BCUT2D eigenvalue weighted by Crippen LogP contribution is 2.08. The van der Waals surface area contributed by atoms with Crippen LogP contribution >= 0.6 is 0 Å². The number of nitrogens with one attached hydrogen (secondary N) is 1. The zero-order valence-electron chi connectivity index (χ0n) is 10.8. The molecule has 6 nitrogen and oxygen atoms in total. The van der Waals surface area contributed by atoms with Crippen molar-refractivity contribution < 1.29 is 0 Å². The van der Waals surface area contributed by atoms with Gasteiger partial charge in [-0.2, -0.15) is 0 Å². The number of H-pyrrole nitrogens is 1. The zero-order valence-corrected chi connectivity index (χ0v) is 10.8. The lowest BCUT2D eigenvalue weighted by atomic mass is 10.2. The number of aromatic nitrogens is 4. The minimum Gasteiger partial charge on any atom is -0.316 e. The molecule has 2 aromatic heterocycles. The van der Waals surface area contributed by atoms with Gasteiger partial charge in [-0.1, -0.05) is 26.2 Å². The van der Waals surface area contributed by atoms with E-state index in [0.29, 0.717) is 11.2 Å². The molecule has 0 radical (unpaired) electrons. The summed E-state index contributed by atoms with van der Waals surface area (Å²) in [5, 5.41) is 0. The molecule has 0 aliphatic rings. The van der Waals surface area contributed by atoms with E-state index >= 15 is 0 Å². The predicted octanol–water partition coefficient (Wildman–Crippen LogP) is 1.00. The van der Waals surface area contributed by atoms with E-state index in [1.54, 1.807) is 13.4 Å². The van der Waals surface area contributed by atoms with Crippen molar-refractivity contribution in [3.63, 3.8) is 0 Å². The summed E-state index contributed by atoms with van der Waals surface area (Å²) in [6, 6.07) is 0. The van der Waals surface area contributed by atoms with Crippen LogP contribution in [0.2, 0.25) is 0 Å². The van der Waals surface area contributed by atoms with Crippen molar-refractivity contribution in [3.8, 4) is 0 Å². The molecule has 18 heavy (non-hydrogen) atoms. The molecule has 0 saturated carbocycles. The molecule has 0 atom stereocenters. The summed E-state index contributed by atoms with van der Waals surface area (Å²) < 4.78 is 3.31. The lowest BCUT2D eigenvalue weighted by molar-refractivity contribution is 0.583.